The van der Waals surface area contributed by atoms with Crippen LogP contribution < -0.4 is 15.2 Å². The Bertz CT molecular complexity index is 1080. The quantitative estimate of drug-likeness (QED) is 0.497. The number of carbonyl (C=O) groups is 1. The van der Waals surface area contributed by atoms with Crippen molar-refractivity contribution < 1.29 is 14.3 Å². The van der Waals surface area contributed by atoms with E-state index in [1.165, 1.54) is 6.08 Å². The highest BCUT2D eigenvalue weighted by atomic mass is 16.5. The van der Waals surface area contributed by atoms with Crippen LogP contribution in [0.5, 0.6) is 11.5 Å². The lowest BCUT2D eigenvalue weighted by molar-refractivity contribution is -0.114. The Morgan fingerprint density at radius 3 is 2.61 bits per heavy atom. The molecule has 0 fully saturated rings. The topological polar surface area (TPSA) is 85.3 Å². The SMILES string of the molecule is CCOc1cc(/C=C(/C#N)C(N)=O)ccc1OCc1cccc2ccccc12. The molecule has 0 aliphatic heterocycles. The van der Waals surface area contributed by atoms with Crippen LogP contribution in [0.4, 0.5) is 0 Å². The third kappa shape index (κ3) is 4.30. The fraction of sp³-hybridized carbons (Fsp3) is 0.130. The molecular formula is C23H20N2O3. The van der Waals surface area contributed by atoms with E-state index in [1.54, 1.807) is 24.3 Å². The monoisotopic (exact) mass is 372 g/mol. The van der Waals surface area contributed by atoms with Crippen LogP contribution in [0.25, 0.3) is 16.8 Å². The predicted octanol–water partition coefficient (Wildman–Crippen LogP) is 4.21. The van der Waals surface area contributed by atoms with Gasteiger partial charge in [-0.1, -0.05) is 48.5 Å². The highest BCUT2D eigenvalue weighted by Crippen LogP contribution is 2.31. The van der Waals surface area contributed by atoms with Crippen molar-refractivity contribution in [2.75, 3.05) is 6.61 Å². The summed E-state index contributed by atoms with van der Waals surface area (Å²) in [6, 6.07) is 21.3. The van der Waals surface area contributed by atoms with Crippen LogP contribution in [0.3, 0.4) is 0 Å². The second kappa shape index (κ2) is 8.74. The Hall–Kier alpha value is -3.78. The first-order valence-corrected chi connectivity index (χ1v) is 8.90. The molecule has 0 unspecified atom stereocenters. The van der Waals surface area contributed by atoms with E-state index in [0.29, 0.717) is 30.3 Å². The van der Waals surface area contributed by atoms with Gasteiger partial charge in [-0.25, -0.2) is 0 Å². The number of fused-ring (bicyclic) bond motifs is 1. The summed E-state index contributed by atoms with van der Waals surface area (Å²) in [5.74, 6) is 0.361. The van der Waals surface area contributed by atoms with Gasteiger partial charge in [0.2, 0.25) is 0 Å². The summed E-state index contributed by atoms with van der Waals surface area (Å²) in [4.78, 5) is 11.3. The third-order valence-corrected chi connectivity index (χ3v) is 4.23. The van der Waals surface area contributed by atoms with Crippen LogP contribution in [0.1, 0.15) is 18.1 Å². The molecule has 0 heterocycles. The maximum atomic E-state index is 11.3. The molecule has 5 nitrogen and oxygen atoms in total. The first-order valence-electron chi connectivity index (χ1n) is 8.90. The first kappa shape index (κ1) is 19.0. The molecule has 2 N–H and O–H groups in total. The van der Waals surface area contributed by atoms with Gasteiger partial charge >= 0.3 is 0 Å². The summed E-state index contributed by atoms with van der Waals surface area (Å²) in [6.45, 7) is 2.72. The van der Waals surface area contributed by atoms with Gasteiger partial charge < -0.3 is 15.2 Å². The Kier molecular flexibility index (Phi) is 5.93. The fourth-order valence-corrected chi connectivity index (χ4v) is 2.90. The first-order chi connectivity index (χ1) is 13.6. The largest absolute Gasteiger partial charge is 0.490 e. The zero-order valence-electron chi connectivity index (χ0n) is 15.5. The van der Waals surface area contributed by atoms with E-state index < -0.39 is 5.91 Å². The summed E-state index contributed by atoms with van der Waals surface area (Å²) in [6.07, 6.45) is 1.43. The van der Waals surface area contributed by atoms with E-state index in [2.05, 4.69) is 18.2 Å². The molecule has 5 heteroatoms. The maximum Gasteiger partial charge on any atom is 0.259 e. The minimum Gasteiger partial charge on any atom is -0.490 e. The lowest BCUT2D eigenvalue weighted by Crippen LogP contribution is -2.12. The molecule has 1 amide bonds. The highest BCUT2D eigenvalue weighted by molar-refractivity contribution is 6.00. The number of nitrogens with two attached hydrogens (primary N) is 1. The Morgan fingerprint density at radius 1 is 1.07 bits per heavy atom. The number of ether oxygens (including phenoxy) is 2. The highest BCUT2D eigenvalue weighted by Gasteiger charge is 2.10. The standard InChI is InChI=1S/C23H20N2O3/c1-2-27-22-13-16(12-19(14-24)23(25)26)10-11-21(22)28-15-18-8-5-7-17-6-3-4-9-20(17)18/h3-13H,2,15H2,1H3,(H2,25,26)/b19-12-. The van der Waals surface area contributed by atoms with Gasteiger partial charge in [-0.2, -0.15) is 5.26 Å². The van der Waals surface area contributed by atoms with Gasteiger partial charge in [0.1, 0.15) is 18.2 Å². The molecule has 0 atom stereocenters. The smallest absolute Gasteiger partial charge is 0.259 e. The van der Waals surface area contributed by atoms with Crippen LogP contribution >= 0.6 is 0 Å². The minimum absolute atomic E-state index is 0.119. The molecule has 0 aliphatic rings. The van der Waals surface area contributed by atoms with E-state index in [1.807, 2.05) is 31.2 Å². The molecule has 0 spiro atoms. The van der Waals surface area contributed by atoms with Crippen molar-refractivity contribution in [3.8, 4) is 17.6 Å². The number of benzene rings is 3. The van der Waals surface area contributed by atoms with E-state index >= 15 is 0 Å². The lowest BCUT2D eigenvalue weighted by Gasteiger charge is -2.14. The van der Waals surface area contributed by atoms with Crippen LogP contribution in [0.15, 0.2) is 66.2 Å². The van der Waals surface area contributed by atoms with Crippen molar-refractivity contribution >= 4 is 22.8 Å². The molecule has 0 aromatic heterocycles. The van der Waals surface area contributed by atoms with Crippen LogP contribution in [-0.2, 0) is 11.4 Å². The summed E-state index contributed by atoms with van der Waals surface area (Å²) >= 11 is 0. The van der Waals surface area contributed by atoms with Gasteiger partial charge in [0.25, 0.3) is 5.91 Å². The normalized spacial score (nSPS) is 11.1. The van der Waals surface area contributed by atoms with Crippen molar-refractivity contribution in [1.82, 2.24) is 0 Å². The van der Waals surface area contributed by atoms with Gasteiger partial charge in [0.05, 0.1) is 6.61 Å². The molecule has 0 saturated heterocycles. The lowest BCUT2D eigenvalue weighted by atomic mass is 10.1. The van der Waals surface area contributed by atoms with Gasteiger partial charge in [-0.3, -0.25) is 4.79 Å². The Morgan fingerprint density at radius 2 is 1.86 bits per heavy atom. The van der Waals surface area contributed by atoms with E-state index in [-0.39, 0.29) is 5.57 Å². The summed E-state index contributed by atoms with van der Waals surface area (Å²) < 4.78 is 11.7. The molecule has 0 radical (unpaired) electrons. The zero-order chi connectivity index (χ0) is 19.9. The van der Waals surface area contributed by atoms with Gasteiger partial charge in [-0.05, 0) is 47.0 Å². The number of nitrogens with zero attached hydrogens (tertiary/aromatic N) is 1. The summed E-state index contributed by atoms with van der Waals surface area (Å²) in [5.41, 5.74) is 6.78. The van der Waals surface area contributed by atoms with Crippen molar-refractivity contribution in [3.63, 3.8) is 0 Å². The second-order valence-corrected chi connectivity index (χ2v) is 6.10. The zero-order valence-corrected chi connectivity index (χ0v) is 15.5. The molecule has 28 heavy (non-hydrogen) atoms. The van der Waals surface area contributed by atoms with Gasteiger partial charge in [0, 0.05) is 0 Å². The van der Waals surface area contributed by atoms with Crippen LogP contribution in [-0.4, -0.2) is 12.5 Å². The van der Waals surface area contributed by atoms with E-state index in [0.717, 1.165) is 16.3 Å². The van der Waals surface area contributed by atoms with Crippen molar-refractivity contribution in [3.05, 3.63) is 77.4 Å². The van der Waals surface area contributed by atoms with Crippen molar-refractivity contribution in [1.29, 1.82) is 5.26 Å². The van der Waals surface area contributed by atoms with Gasteiger partial charge in [0.15, 0.2) is 11.5 Å². The molecule has 0 bridgehead atoms. The molecule has 140 valence electrons. The van der Waals surface area contributed by atoms with Gasteiger partial charge in [-0.15, -0.1) is 0 Å². The maximum absolute atomic E-state index is 11.3. The van der Waals surface area contributed by atoms with Crippen LogP contribution in [0, 0.1) is 11.3 Å². The Labute approximate surface area is 163 Å². The molecule has 3 aromatic rings. The number of amides is 1. The average Bonchev–Trinajstić information content (AvgIpc) is 2.71. The molecule has 3 rings (SSSR count). The average molecular weight is 372 g/mol. The fourth-order valence-electron chi connectivity index (χ4n) is 2.90. The number of rotatable bonds is 7. The van der Waals surface area contributed by atoms with Crippen molar-refractivity contribution in [2.24, 2.45) is 5.73 Å². The van der Waals surface area contributed by atoms with Crippen LogP contribution in [0.2, 0.25) is 0 Å². The number of nitriles is 1. The predicted molar refractivity (Wildman–Crippen MR) is 109 cm³/mol. The number of carbonyl (C=O) groups excluding carboxylic acids is 1. The summed E-state index contributed by atoms with van der Waals surface area (Å²) in [5, 5.41) is 11.3. The molecular weight excluding hydrogens is 352 g/mol. The summed E-state index contributed by atoms with van der Waals surface area (Å²) in [7, 11) is 0. The molecule has 3 aromatic carbocycles. The van der Waals surface area contributed by atoms with Crippen molar-refractivity contribution in [2.45, 2.75) is 13.5 Å². The van der Waals surface area contributed by atoms with E-state index in [4.69, 9.17) is 20.5 Å². The Balaban J connectivity index is 1.87. The molecule has 0 aliphatic carbocycles. The van der Waals surface area contributed by atoms with E-state index in [9.17, 15) is 4.79 Å². The third-order valence-electron chi connectivity index (χ3n) is 4.23. The number of hydrogen-bond donors (Lipinski definition) is 1. The second-order valence-electron chi connectivity index (χ2n) is 6.10. The molecule has 0 saturated carbocycles. The number of primary amides is 1. The minimum atomic E-state index is -0.767. The number of hydrogen-bond acceptors (Lipinski definition) is 4.